The number of para-hydroxylation sites is 2. The maximum Gasteiger partial charge on any atom is 0.164 e. The van der Waals surface area contributed by atoms with E-state index in [4.69, 9.17) is 23.8 Å². The Balaban J connectivity index is 1.09. The molecule has 0 amide bonds. The zero-order valence-corrected chi connectivity index (χ0v) is 32.6. The third kappa shape index (κ3) is 5.19. The zero-order valence-electron chi connectivity index (χ0n) is 32.6. The molecule has 4 heterocycles. The summed E-state index contributed by atoms with van der Waals surface area (Å²) in [5.41, 5.74) is 11.3. The van der Waals surface area contributed by atoms with Crippen molar-refractivity contribution in [1.82, 2.24) is 19.5 Å². The Morgan fingerprint density at radius 2 is 0.885 bits per heavy atom. The van der Waals surface area contributed by atoms with E-state index in [9.17, 15) is 0 Å². The van der Waals surface area contributed by atoms with Crippen molar-refractivity contribution in [3.63, 3.8) is 0 Å². The van der Waals surface area contributed by atoms with Crippen LogP contribution < -0.4 is 0 Å². The van der Waals surface area contributed by atoms with Gasteiger partial charge in [0, 0.05) is 60.6 Å². The molecule has 13 aromatic rings. The lowest BCUT2D eigenvalue weighted by molar-refractivity contribution is 0.668. The van der Waals surface area contributed by atoms with Crippen LogP contribution in [0.2, 0.25) is 0 Å². The van der Waals surface area contributed by atoms with Gasteiger partial charge >= 0.3 is 0 Å². The third-order valence-corrected chi connectivity index (χ3v) is 12.0. The molecule has 6 heteroatoms. The molecule has 61 heavy (non-hydrogen) atoms. The van der Waals surface area contributed by atoms with E-state index in [1.165, 1.54) is 21.5 Å². The maximum absolute atomic E-state index is 6.87. The standard InChI is InChI=1S/C55H32N4O2/c1-3-15-33(16-4-1)41-31-43-50(32-46(41)59-44-25-11-9-21-37(44)42-29-35-19-7-8-20-36(35)30-45(42)59)61-49-28-14-24-40(52(43)49)55-57-53(34-17-5-2-6-18-34)56-54(58-55)39-23-13-27-48-51(39)38-22-10-12-26-47(38)60-48/h1-32H. The maximum atomic E-state index is 6.87. The minimum absolute atomic E-state index is 0.557. The first-order valence-corrected chi connectivity index (χ1v) is 20.4. The molecule has 4 aromatic heterocycles. The van der Waals surface area contributed by atoms with Crippen molar-refractivity contribution >= 4 is 76.5 Å². The van der Waals surface area contributed by atoms with Gasteiger partial charge in [0.15, 0.2) is 17.5 Å². The van der Waals surface area contributed by atoms with Crippen LogP contribution in [0.3, 0.4) is 0 Å². The van der Waals surface area contributed by atoms with Gasteiger partial charge in [-0.1, -0.05) is 146 Å². The molecule has 0 aliphatic rings. The lowest BCUT2D eigenvalue weighted by Gasteiger charge is -2.15. The summed E-state index contributed by atoms with van der Waals surface area (Å²) in [5, 5.41) is 8.72. The van der Waals surface area contributed by atoms with E-state index in [0.29, 0.717) is 17.5 Å². The second kappa shape index (κ2) is 13.1. The number of nitrogens with zero attached hydrogens (tertiary/aromatic N) is 4. The number of hydrogen-bond donors (Lipinski definition) is 0. The monoisotopic (exact) mass is 780 g/mol. The summed E-state index contributed by atoms with van der Waals surface area (Å²) >= 11 is 0. The van der Waals surface area contributed by atoms with Gasteiger partial charge in [-0.3, -0.25) is 0 Å². The molecule has 284 valence electrons. The van der Waals surface area contributed by atoms with Crippen molar-refractivity contribution in [3.8, 4) is 51.0 Å². The van der Waals surface area contributed by atoms with Gasteiger partial charge in [-0.25, -0.2) is 15.0 Å². The molecule has 0 fully saturated rings. The van der Waals surface area contributed by atoms with Crippen LogP contribution in [0, 0.1) is 0 Å². The Bertz CT molecular complexity index is 3880. The molecule has 0 saturated heterocycles. The number of rotatable bonds is 5. The number of aromatic nitrogens is 4. The van der Waals surface area contributed by atoms with Crippen molar-refractivity contribution in [1.29, 1.82) is 0 Å². The van der Waals surface area contributed by atoms with Crippen molar-refractivity contribution in [2.75, 3.05) is 0 Å². The Kier molecular flexibility index (Phi) is 7.21. The molecule has 0 atom stereocenters. The van der Waals surface area contributed by atoms with Gasteiger partial charge in [0.05, 0.1) is 16.7 Å². The Labute approximate surface area is 348 Å². The summed E-state index contributed by atoms with van der Waals surface area (Å²) in [6, 6.07) is 67.4. The van der Waals surface area contributed by atoms with E-state index in [-0.39, 0.29) is 0 Å². The summed E-state index contributed by atoms with van der Waals surface area (Å²) in [7, 11) is 0. The predicted octanol–water partition coefficient (Wildman–Crippen LogP) is 14.6. The molecule has 0 unspecified atom stereocenters. The highest BCUT2D eigenvalue weighted by molar-refractivity contribution is 6.17. The van der Waals surface area contributed by atoms with E-state index in [1.807, 2.05) is 72.8 Å². The molecule has 0 bridgehead atoms. The van der Waals surface area contributed by atoms with Gasteiger partial charge in [0.2, 0.25) is 0 Å². The molecule has 0 aliphatic heterocycles. The normalized spacial score (nSPS) is 11.9. The fraction of sp³-hybridized carbons (Fsp3) is 0. The average Bonchev–Trinajstić information content (AvgIpc) is 4.00. The van der Waals surface area contributed by atoms with Crippen LogP contribution in [0.1, 0.15) is 0 Å². The largest absolute Gasteiger partial charge is 0.456 e. The van der Waals surface area contributed by atoms with E-state index < -0.39 is 0 Å². The van der Waals surface area contributed by atoms with Gasteiger partial charge < -0.3 is 13.4 Å². The fourth-order valence-electron chi connectivity index (χ4n) is 9.29. The number of benzene rings is 9. The first-order chi connectivity index (χ1) is 30.2. The Morgan fingerprint density at radius 3 is 1.62 bits per heavy atom. The first-order valence-electron chi connectivity index (χ1n) is 20.4. The van der Waals surface area contributed by atoms with Crippen LogP contribution in [-0.2, 0) is 0 Å². The predicted molar refractivity (Wildman–Crippen MR) is 248 cm³/mol. The minimum atomic E-state index is 0.557. The molecule has 0 N–H and O–H groups in total. The van der Waals surface area contributed by atoms with Crippen LogP contribution in [0.25, 0.3) is 127 Å². The molecule has 0 spiro atoms. The molecule has 0 saturated carbocycles. The van der Waals surface area contributed by atoms with E-state index in [1.54, 1.807) is 0 Å². The van der Waals surface area contributed by atoms with Crippen LogP contribution in [0.5, 0.6) is 0 Å². The van der Waals surface area contributed by atoms with E-state index in [2.05, 4.69) is 126 Å². The summed E-state index contributed by atoms with van der Waals surface area (Å²) in [4.78, 5) is 15.6. The third-order valence-electron chi connectivity index (χ3n) is 12.0. The Hall–Kier alpha value is -8.35. The van der Waals surface area contributed by atoms with Gasteiger partial charge in [-0.15, -0.1) is 0 Å². The van der Waals surface area contributed by atoms with Crippen molar-refractivity contribution in [3.05, 3.63) is 194 Å². The summed E-state index contributed by atoms with van der Waals surface area (Å²) < 4.78 is 15.6. The highest BCUT2D eigenvalue weighted by Crippen LogP contribution is 2.44. The highest BCUT2D eigenvalue weighted by Gasteiger charge is 2.23. The fourth-order valence-corrected chi connectivity index (χ4v) is 9.29. The Morgan fingerprint density at radius 1 is 0.328 bits per heavy atom. The van der Waals surface area contributed by atoms with Crippen LogP contribution >= 0.6 is 0 Å². The van der Waals surface area contributed by atoms with E-state index >= 15 is 0 Å². The highest BCUT2D eigenvalue weighted by atomic mass is 16.3. The van der Waals surface area contributed by atoms with Crippen molar-refractivity contribution < 1.29 is 8.83 Å². The molecule has 6 nitrogen and oxygen atoms in total. The number of fused-ring (bicyclic) bond motifs is 10. The van der Waals surface area contributed by atoms with Gasteiger partial charge in [0.1, 0.15) is 22.3 Å². The number of furan rings is 2. The van der Waals surface area contributed by atoms with Gasteiger partial charge in [-0.05, 0) is 58.8 Å². The molecule has 0 aliphatic carbocycles. The smallest absolute Gasteiger partial charge is 0.164 e. The molecular formula is C55H32N4O2. The quantitative estimate of drug-likeness (QED) is 0.174. The SMILES string of the molecule is c1ccc(-c2nc(-c3cccc4oc5ccccc5c34)nc(-c3cccc4oc5cc(-n6c7ccccc7c7cc8ccccc8cc76)c(-c6ccccc6)cc5c34)n2)cc1. The van der Waals surface area contributed by atoms with E-state index in [0.717, 1.165) is 88.4 Å². The summed E-state index contributed by atoms with van der Waals surface area (Å²) in [6.07, 6.45) is 0. The summed E-state index contributed by atoms with van der Waals surface area (Å²) in [6.45, 7) is 0. The second-order valence-electron chi connectivity index (χ2n) is 15.5. The lowest BCUT2D eigenvalue weighted by atomic mass is 9.98. The molecule has 13 rings (SSSR count). The van der Waals surface area contributed by atoms with Crippen LogP contribution in [-0.4, -0.2) is 19.5 Å². The average molecular weight is 781 g/mol. The van der Waals surface area contributed by atoms with Crippen molar-refractivity contribution in [2.45, 2.75) is 0 Å². The van der Waals surface area contributed by atoms with Crippen LogP contribution in [0.4, 0.5) is 0 Å². The molecular weight excluding hydrogens is 749 g/mol. The second-order valence-corrected chi connectivity index (χ2v) is 15.5. The molecule has 9 aromatic carbocycles. The first kappa shape index (κ1) is 33.6. The van der Waals surface area contributed by atoms with Crippen molar-refractivity contribution in [2.24, 2.45) is 0 Å². The summed E-state index contributed by atoms with van der Waals surface area (Å²) in [5.74, 6) is 1.71. The van der Waals surface area contributed by atoms with Gasteiger partial charge in [-0.2, -0.15) is 0 Å². The minimum Gasteiger partial charge on any atom is -0.456 e. The molecule has 0 radical (unpaired) electrons. The topological polar surface area (TPSA) is 69.9 Å². The van der Waals surface area contributed by atoms with Crippen LogP contribution in [0.15, 0.2) is 203 Å². The van der Waals surface area contributed by atoms with Gasteiger partial charge in [0.25, 0.3) is 0 Å². The zero-order chi connectivity index (χ0) is 40.0. The lowest BCUT2D eigenvalue weighted by Crippen LogP contribution is -2.00. The number of hydrogen-bond acceptors (Lipinski definition) is 5.